The van der Waals surface area contributed by atoms with Gasteiger partial charge < -0.3 is 5.32 Å². The summed E-state index contributed by atoms with van der Waals surface area (Å²) in [6.45, 7) is 0. The lowest BCUT2D eigenvalue weighted by Crippen LogP contribution is -2.57. The lowest BCUT2D eigenvalue weighted by atomic mass is 9.92. The molecule has 1 heterocycles. The molecule has 0 amide bonds. The Morgan fingerprint density at radius 3 is 2.56 bits per heavy atom. The maximum absolute atomic E-state index is 3.76. The monoisotopic (exact) mass is 361 g/mol. The zero-order valence-electron chi connectivity index (χ0n) is 14.9. The second-order valence-electron chi connectivity index (χ2n) is 7.42. The number of hydrogen-bond acceptors (Lipinski definition) is 1. The van der Waals surface area contributed by atoms with E-state index in [4.69, 9.17) is 0 Å². The fourth-order valence-corrected chi connectivity index (χ4v) is 8.30. The highest BCUT2D eigenvalue weighted by molar-refractivity contribution is 6.98. The molecule has 0 radical (unpaired) electrons. The SMILES string of the molecule is C1=Cc2cccc3cc4c(c(c23)C1)[SiH](c1ccccc1)c1ccccc1N4. The normalized spacial score (nSPS) is 16.5. The Hall–Kier alpha value is -3.10. The number of nitrogens with one attached hydrogen (secondary N) is 1. The Morgan fingerprint density at radius 1 is 0.778 bits per heavy atom. The van der Waals surface area contributed by atoms with Crippen LogP contribution in [0.5, 0.6) is 0 Å². The molecule has 2 heteroatoms. The van der Waals surface area contributed by atoms with E-state index in [0.717, 1.165) is 6.42 Å². The van der Waals surface area contributed by atoms with Crippen LogP contribution in [0.25, 0.3) is 16.8 Å². The van der Waals surface area contributed by atoms with E-state index in [-0.39, 0.29) is 0 Å². The first kappa shape index (κ1) is 15.0. The molecule has 0 bridgehead atoms. The van der Waals surface area contributed by atoms with E-state index >= 15 is 0 Å². The van der Waals surface area contributed by atoms with Gasteiger partial charge in [0, 0.05) is 11.4 Å². The number of fused-ring (bicyclic) bond motifs is 3. The maximum atomic E-state index is 3.76. The Bertz CT molecular complexity index is 1220. The molecule has 0 saturated carbocycles. The number of allylic oxidation sites excluding steroid dienone is 1. The second-order valence-corrected chi connectivity index (χ2v) is 10.2. The molecule has 4 aromatic carbocycles. The van der Waals surface area contributed by atoms with Gasteiger partial charge in [0.05, 0.1) is 0 Å². The van der Waals surface area contributed by atoms with Gasteiger partial charge >= 0.3 is 0 Å². The van der Waals surface area contributed by atoms with Crippen LogP contribution in [0.1, 0.15) is 11.1 Å². The van der Waals surface area contributed by atoms with Crippen LogP contribution in [0.3, 0.4) is 0 Å². The fourth-order valence-electron chi connectivity index (χ4n) is 4.83. The van der Waals surface area contributed by atoms with Gasteiger partial charge in [-0.1, -0.05) is 84.1 Å². The van der Waals surface area contributed by atoms with Gasteiger partial charge in [0.15, 0.2) is 0 Å². The average Bonchev–Trinajstić information content (AvgIpc) is 2.73. The van der Waals surface area contributed by atoms with Gasteiger partial charge in [-0.05, 0) is 50.8 Å². The Morgan fingerprint density at radius 2 is 1.63 bits per heavy atom. The summed E-state index contributed by atoms with van der Waals surface area (Å²) in [7, 11) is -1.53. The molecule has 4 aromatic rings. The molecule has 0 fully saturated rings. The molecule has 0 spiro atoms. The van der Waals surface area contributed by atoms with Crippen molar-refractivity contribution in [2.24, 2.45) is 0 Å². The highest BCUT2D eigenvalue weighted by Gasteiger charge is 2.32. The Kier molecular flexibility index (Phi) is 3.17. The summed E-state index contributed by atoms with van der Waals surface area (Å²) in [5, 5.41) is 11.1. The predicted octanol–water partition coefficient (Wildman–Crippen LogP) is 3.71. The number of para-hydroxylation sites is 1. The molecule has 2 aliphatic rings. The summed E-state index contributed by atoms with van der Waals surface area (Å²) in [5.41, 5.74) is 5.48. The van der Waals surface area contributed by atoms with E-state index in [1.807, 2.05) is 0 Å². The van der Waals surface area contributed by atoms with Gasteiger partial charge in [0.2, 0.25) is 0 Å². The van der Waals surface area contributed by atoms with Crippen molar-refractivity contribution in [1.82, 2.24) is 0 Å². The van der Waals surface area contributed by atoms with Crippen molar-refractivity contribution in [3.63, 3.8) is 0 Å². The van der Waals surface area contributed by atoms with Gasteiger partial charge in [-0.2, -0.15) is 0 Å². The first-order valence-electron chi connectivity index (χ1n) is 9.56. The van der Waals surface area contributed by atoms with Gasteiger partial charge in [0.1, 0.15) is 8.80 Å². The van der Waals surface area contributed by atoms with E-state index in [2.05, 4.69) is 96.3 Å². The lowest BCUT2D eigenvalue weighted by molar-refractivity contribution is 1.31. The molecule has 1 aliphatic carbocycles. The quantitative estimate of drug-likeness (QED) is 0.449. The smallest absolute Gasteiger partial charge is 0.138 e. The summed E-state index contributed by atoms with van der Waals surface area (Å²) in [4.78, 5) is 0. The minimum atomic E-state index is -1.53. The van der Waals surface area contributed by atoms with Crippen LogP contribution in [0.4, 0.5) is 11.4 Å². The first-order chi connectivity index (χ1) is 13.4. The molecule has 1 nitrogen and oxygen atoms in total. The molecular weight excluding hydrogens is 342 g/mol. The minimum absolute atomic E-state index is 1.02. The Labute approximate surface area is 160 Å². The van der Waals surface area contributed by atoms with Crippen molar-refractivity contribution < 1.29 is 0 Å². The van der Waals surface area contributed by atoms with Crippen molar-refractivity contribution in [3.05, 3.63) is 96.1 Å². The van der Waals surface area contributed by atoms with Crippen molar-refractivity contribution in [2.75, 3.05) is 5.32 Å². The van der Waals surface area contributed by atoms with Crippen molar-refractivity contribution in [1.29, 1.82) is 0 Å². The summed E-state index contributed by atoms with van der Waals surface area (Å²) in [6.07, 6.45) is 5.64. The van der Waals surface area contributed by atoms with Gasteiger partial charge in [0.25, 0.3) is 0 Å². The van der Waals surface area contributed by atoms with Crippen molar-refractivity contribution >= 4 is 52.6 Å². The number of rotatable bonds is 1. The predicted molar refractivity (Wildman–Crippen MR) is 119 cm³/mol. The number of anilines is 2. The number of benzene rings is 4. The van der Waals surface area contributed by atoms with E-state index in [1.54, 1.807) is 5.19 Å². The maximum Gasteiger partial charge on any atom is 0.138 e. The molecule has 0 aromatic heterocycles. The summed E-state index contributed by atoms with van der Waals surface area (Å²) in [6, 6.07) is 29.1. The molecular formula is C25H19NSi. The van der Waals surface area contributed by atoms with Crippen LogP contribution < -0.4 is 20.9 Å². The summed E-state index contributed by atoms with van der Waals surface area (Å²) in [5.74, 6) is 0. The lowest BCUT2D eigenvalue weighted by Gasteiger charge is -2.32. The zero-order valence-corrected chi connectivity index (χ0v) is 16.1. The fraction of sp³-hybridized carbons (Fsp3) is 0.0400. The van der Waals surface area contributed by atoms with E-state index in [0.29, 0.717) is 0 Å². The molecule has 1 atom stereocenters. The summed E-state index contributed by atoms with van der Waals surface area (Å²) < 4.78 is 0. The summed E-state index contributed by atoms with van der Waals surface area (Å²) >= 11 is 0. The topological polar surface area (TPSA) is 12.0 Å². The third kappa shape index (κ3) is 2.17. The molecule has 1 N–H and O–H groups in total. The second kappa shape index (κ2) is 5.70. The van der Waals surface area contributed by atoms with Gasteiger partial charge in [-0.15, -0.1) is 0 Å². The standard InChI is InChI=1S/C25H19NSi/c1-2-11-19(12-3-1)27-23-15-5-4-14-21(23)26-22-16-18-10-6-8-17-9-7-13-20(24(17)18)25(22)27/h1-12,14-16,26-27H,13H2. The highest BCUT2D eigenvalue weighted by atomic mass is 28.3. The largest absolute Gasteiger partial charge is 0.356 e. The third-order valence-corrected chi connectivity index (χ3v) is 9.34. The molecule has 128 valence electrons. The van der Waals surface area contributed by atoms with Gasteiger partial charge in [-0.25, -0.2) is 0 Å². The first-order valence-corrected chi connectivity index (χ1v) is 11.3. The van der Waals surface area contributed by atoms with E-state index < -0.39 is 8.80 Å². The molecule has 1 aliphatic heterocycles. The van der Waals surface area contributed by atoms with Crippen LogP contribution in [0.2, 0.25) is 0 Å². The average molecular weight is 362 g/mol. The van der Waals surface area contributed by atoms with E-state index in [9.17, 15) is 0 Å². The highest BCUT2D eigenvalue weighted by Crippen LogP contribution is 2.33. The number of hydrogen-bond donors (Lipinski definition) is 1. The van der Waals surface area contributed by atoms with Crippen LogP contribution in [0, 0.1) is 0 Å². The molecule has 0 saturated heterocycles. The van der Waals surface area contributed by atoms with Crippen LogP contribution in [0.15, 0.2) is 84.9 Å². The van der Waals surface area contributed by atoms with Crippen LogP contribution in [-0.2, 0) is 6.42 Å². The third-order valence-electron chi connectivity index (χ3n) is 5.93. The zero-order chi connectivity index (χ0) is 17.8. The van der Waals surface area contributed by atoms with Crippen molar-refractivity contribution in [2.45, 2.75) is 6.42 Å². The van der Waals surface area contributed by atoms with E-state index in [1.165, 1.54) is 43.6 Å². The Balaban J connectivity index is 1.73. The molecule has 1 unspecified atom stereocenters. The van der Waals surface area contributed by atoms with Crippen LogP contribution >= 0.6 is 0 Å². The van der Waals surface area contributed by atoms with Crippen molar-refractivity contribution in [3.8, 4) is 0 Å². The van der Waals surface area contributed by atoms with Crippen LogP contribution in [-0.4, -0.2) is 8.80 Å². The molecule has 27 heavy (non-hydrogen) atoms. The minimum Gasteiger partial charge on any atom is -0.356 e. The van der Waals surface area contributed by atoms with Gasteiger partial charge in [-0.3, -0.25) is 0 Å². The molecule has 6 rings (SSSR count).